The summed E-state index contributed by atoms with van der Waals surface area (Å²) in [6.07, 6.45) is 0. The summed E-state index contributed by atoms with van der Waals surface area (Å²) in [4.78, 5) is 11.8. The number of nitrogens with two attached hydrogens (primary N) is 1. The average molecular weight is 253 g/mol. The third-order valence-corrected chi connectivity index (χ3v) is 2.86. The molecule has 0 radical (unpaired) electrons. The Kier molecular flexibility index (Phi) is 4.36. The van der Waals surface area contributed by atoms with Crippen LogP contribution in [0.2, 0.25) is 0 Å². The Hall–Kier alpha value is -1.98. The van der Waals surface area contributed by atoms with E-state index in [4.69, 9.17) is 15.4 Å². The zero-order valence-corrected chi connectivity index (χ0v) is 11.0. The number of oxime groups is 1. The largest absolute Gasteiger partial charge is 0.466 e. The first-order valence-electron chi connectivity index (χ1n) is 5.71. The summed E-state index contributed by atoms with van der Waals surface area (Å²) in [5.41, 5.74) is 6.31. The SMILES string of the molecule is Cc1cc(C(C)NC(=O)C(C)C(N)=NO)c(C)o1. The third kappa shape index (κ3) is 3.03. The van der Waals surface area contributed by atoms with Gasteiger partial charge >= 0.3 is 0 Å². The molecule has 0 spiro atoms. The minimum Gasteiger partial charge on any atom is -0.466 e. The molecule has 0 aromatic carbocycles. The number of aryl methyl sites for hydroxylation is 2. The van der Waals surface area contributed by atoms with Crippen LogP contribution in [0.25, 0.3) is 0 Å². The van der Waals surface area contributed by atoms with E-state index in [-0.39, 0.29) is 17.8 Å². The lowest BCUT2D eigenvalue weighted by Crippen LogP contribution is -2.38. The average Bonchev–Trinajstić information content (AvgIpc) is 2.66. The van der Waals surface area contributed by atoms with Crippen LogP contribution in [0.15, 0.2) is 15.6 Å². The van der Waals surface area contributed by atoms with Crippen LogP contribution < -0.4 is 11.1 Å². The van der Waals surface area contributed by atoms with Crippen LogP contribution in [0.4, 0.5) is 0 Å². The molecule has 0 bridgehead atoms. The summed E-state index contributed by atoms with van der Waals surface area (Å²) in [6, 6.07) is 1.69. The van der Waals surface area contributed by atoms with E-state index >= 15 is 0 Å². The molecule has 1 aromatic heterocycles. The Bertz CT molecular complexity index is 465. The van der Waals surface area contributed by atoms with Gasteiger partial charge in [-0.1, -0.05) is 5.16 Å². The summed E-state index contributed by atoms with van der Waals surface area (Å²) >= 11 is 0. The molecule has 1 amide bonds. The van der Waals surface area contributed by atoms with Gasteiger partial charge in [-0.3, -0.25) is 4.79 Å². The molecule has 1 heterocycles. The number of amidine groups is 1. The molecule has 0 saturated heterocycles. The molecule has 1 aromatic rings. The minimum atomic E-state index is -0.675. The second-order valence-electron chi connectivity index (χ2n) is 4.35. The molecule has 6 heteroatoms. The van der Waals surface area contributed by atoms with Gasteiger partial charge in [-0.2, -0.15) is 0 Å². The van der Waals surface area contributed by atoms with Gasteiger partial charge in [0.25, 0.3) is 0 Å². The highest BCUT2D eigenvalue weighted by atomic mass is 16.4. The van der Waals surface area contributed by atoms with E-state index < -0.39 is 5.92 Å². The standard InChI is InChI=1S/C12H19N3O3/c1-6-5-10(9(4)18-6)8(3)14-12(16)7(2)11(13)15-17/h5,7-8,17H,1-4H3,(H2,13,15)(H,14,16). The van der Waals surface area contributed by atoms with Crippen molar-refractivity contribution in [3.05, 3.63) is 23.2 Å². The van der Waals surface area contributed by atoms with Gasteiger partial charge in [0, 0.05) is 5.56 Å². The van der Waals surface area contributed by atoms with E-state index in [1.807, 2.05) is 26.8 Å². The van der Waals surface area contributed by atoms with Crippen LogP contribution in [0.5, 0.6) is 0 Å². The Morgan fingerprint density at radius 3 is 2.56 bits per heavy atom. The molecule has 100 valence electrons. The fourth-order valence-electron chi connectivity index (χ4n) is 1.72. The van der Waals surface area contributed by atoms with Gasteiger partial charge in [0.2, 0.25) is 5.91 Å². The number of nitrogens with one attached hydrogen (secondary N) is 1. The molecule has 2 unspecified atom stereocenters. The number of hydrogen-bond acceptors (Lipinski definition) is 4. The summed E-state index contributed by atoms with van der Waals surface area (Å²) in [5, 5.41) is 14.1. The molecule has 18 heavy (non-hydrogen) atoms. The Labute approximate surface area is 106 Å². The number of amides is 1. The van der Waals surface area contributed by atoms with Crippen molar-refractivity contribution in [1.82, 2.24) is 5.32 Å². The lowest BCUT2D eigenvalue weighted by molar-refractivity contribution is -0.123. The quantitative estimate of drug-likeness (QED) is 0.327. The molecule has 0 saturated carbocycles. The molecule has 0 aliphatic carbocycles. The van der Waals surface area contributed by atoms with Crippen molar-refractivity contribution >= 4 is 11.7 Å². The normalized spacial score (nSPS) is 15.2. The summed E-state index contributed by atoms with van der Waals surface area (Å²) in [6.45, 7) is 7.13. The first-order valence-corrected chi connectivity index (χ1v) is 5.71. The summed E-state index contributed by atoms with van der Waals surface area (Å²) in [7, 11) is 0. The number of carbonyl (C=O) groups is 1. The highest BCUT2D eigenvalue weighted by Crippen LogP contribution is 2.21. The van der Waals surface area contributed by atoms with E-state index in [0.717, 1.165) is 17.1 Å². The third-order valence-electron chi connectivity index (χ3n) is 2.86. The molecule has 2 atom stereocenters. The van der Waals surface area contributed by atoms with Gasteiger partial charge in [-0.15, -0.1) is 0 Å². The van der Waals surface area contributed by atoms with Crippen molar-refractivity contribution in [2.24, 2.45) is 16.8 Å². The van der Waals surface area contributed by atoms with Crippen molar-refractivity contribution in [2.45, 2.75) is 33.7 Å². The van der Waals surface area contributed by atoms with E-state index in [1.54, 1.807) is 6.92 Å². The number of furan rings is 1. The first kappa shape index (κ1) is 14.1. The minimum absolute atomic E-state index is 0.111. The summed E-state index contributed by atoms with van der Waals surface area (Å²) < 4.78 is 5.41. The number of rotatable bonds is 4. The molecule has 0 aliphatic rings. The smallest absolute Gasteiger partial charge is 0.231 e. The second kappa shape index (κ2) is 5.57. The zero-order valence-electron chi connectivity index (χ0n) is 11.0. The van der Waals surface area contributed by atoms with Crippen LogP contribution >= 0.6 is 0 Å². The molecule has 0 fully saturated rings. The monoisotopic (exact) mass is 253 g/mol. The van der Waals surface area contributed by atoms with Crippen molar-refractivity contribution < 1.29 is 14.4 Å². The predicted octanol–water partition coefficient (Wildman–Crippen LogP) is 1.46. The van der Waals surface area contributed by atoms with E-state index in [2.05, 4.69) is 10.5 Å². The van der Waals surface area contributed by atoms with Crippen LogP contribution in [0, 0.1) is 19.8 Å². The molecule has 1 rings (SSSR count). The molecular formula is C12H19N3O3. The maximum Gasteiger partial charge on any atom is 0.231 e. The highest BCUT2D eigenvalue weighted by molar-refractivity contribution is 6.01. The molecule has 0 aliphatic heterocycles. The van der Waals surface area contributed by atoms with Gasteiger partial charge in [0.15, 0.2) is 5.84 Å². The van der Waals surface area contributed by atoms with Crippen molar-refractivity contribution in [3.8, 4) is 0 Å². The van der Waals surface area contributed by atoms with Crippen LogP contribution in [-0.4, -0.2) is 17.0 Å². The number of nitrogens with zero attached hydrogens (tertiary/aromatic N) is 1. The number of carbonyl (C=O) groups excluding carboxylic acids is 1. The van der Waals surface area contributed by atoms with Crippen molar-refractivity contribution in [1.29, 1.82) is 0 Å². The van der Waals surface area contributed by atoms with Crippen molar-refractivity contribution in [3.63, 3.8) is 0 Å². The predicted molar refractivity (Wildman–Crippen MR) is 67.3 cm³/mol. The second-order valence-corrected chi connectivity index (χ2v) is 4.35. The molecule has 6 nitrogen and oxygen atoms in total. The van der Waals surface area contributed by atoms with Crippen LogP contribution in [0.3, 0.4) is 0 Å². The maximum absolute atomic E-state index is 11.8. The van der Waals surface area contributed by atoms with Crippen LogP contribution in [0.1, 0.15) is 37.0 Å². The van der Waals surface area contributed by atoms with Gasteiger partial charge in [-0.25, -0.2) is 0 Å². The van der Waals surface area contributed by atoms with Gasteiger partial charge < -0.3 is 20.7 Å². The molecular weight excluding hydrogens is 234 g/mol. The lowest BCUT2D eigenvalue weighted by atomic mass is 10.1. The maximum atomic E-state index is 11.8. The van der Waals surface area contributed by atoms with Gasteiger partial charge in [-0.05, 0) is 33.8 Å². The van der Waals surface area contributed by atoms with Crippen LogP contribution in [-0.2, 0) is 4.79 Å². The van der Waals surface area contributed by atoms with Gasteiger partial charge in [0.1, 0.15) is 11.5 Å². The Balaban J connectivity index is 2.74. The Morgan fingerprint density at radius 1 is 1.50 bits per heavy atom. The fourth-order valence-corrected chi connectivity index (χ4v) is 1.72. The first-order chi connectivity index (χ1) is 8.36. The number of hydrogen-bond donors (Lipinski definition) is 3. The zero-order chi connectivity index (χ0) is 13.9. The van der Waals surface area contributed by atoms with E-state index in [9.17, 15) is 4.79 Å². The molecule has 4 N–H and O–H groups in total. The fraction of sp³-hybridized carbons (Fsp3) is 0.500. The van der Waals surface area contributed by atoms with E-state index in [1.165, 1.54) is 0 Å². The van der Waals surface area contributed by atoms with E-state index in [0.29, 0.717) is 0 Å². The Morgan fingerprint density at radius 2 is 2.11 bits per heavy atom. The van der Waals surface area contributed by atoms with Crippen molar-refractivity contribution in [2.75, 3.05) is 0 Å². The highest BCUT2D eigenvalue weighted by Gasteiger charge is 2.21. The summed E-state index contributed by atoms with van der Waals surface area (Å²) in [5.74, 6) is 0.492. The lowest BCUT2D eigenvalue weighted by Gasteiger charge is -2.16. The topological polar surface area (TPSA) is 101 Å². The van der Waals surface area contributed by atoms with Gasteiger partial charge in [0.05, 0.1) is 12.0 Å².